The third-order valence-corrected chi connectivity index (χ3v) is 3.62. The SMILES string of the molecule is C=C(C)CC(C)C(=O)N1CCC(COC)(C(=O)O)C1. The maximum atomic E-state index is 12.2. The Morgan fingerprint density at radius 2 is 2.16 bits per heavy atom. The van der Waals surface area contributed by atoms with Crippen LogP contribution in [-0.2, 0) is 14.3 Å². The molecule has 0 aliphatic carbocycles. The largest absolute Gasteiger partial charge is 0.481 e. The summed E-state index contributed by atoms with van der Waals surface area (Å²) in [6.45, 7) is 8.40. The lowest BCUT2D eigenvalue weighted by molar-refractivity contribution is -0.151. The van der Waals surface area contributed by atoms with E-state index in [1.807, 2.05) is 13.8 Å². The number of rotatable bonds is 6. The molecule has 5 nitrogen and oxygen atoms in total. The number of hydrogen-bond donors (Lipinski definition) is 1. The van der Waals surface area contributed by atoms with Crippen LogP contribution in [0.25, 0.3) is 0 Å². The van der Waals surface area contributed by atoms with Gasteiger partial charge in [-0.15, -0.1) is 6.58 Å². The highest BCUT2D eigenvalue weighted by atomic mass is 16.5. The van der Waals surface area contributed by atoms with E-state index in [-0.39, 0.29) is 25.0 Å². The predicted octanol–water partition coefficient (Wildman–Crippen LogP) is 1.54. The van der Waals surface area contributed by atoms with E-state index in [1.54, 1.807) is 4.90 Å². The first-order valence-corrected chi connectivity index (χ1v) is 6.48. The van der Waals surface area contributed by atoms with Gasteiger partial charge in [0.2, 0.25) is 5.91 Å². The van der Waals surface area contributed by atoms with E-state index < -0.39 is 11.4 Å². The van der Waals surface area contributed by atoms with Crippen LogP contribution in [0.15, 0.2) is 12.2 Å². The standard InChI is InChI=1S/C14H23NO4/c1-10(2)7-11(3)12(16)15-6-5-14(8-15,9-19-4)13(17)18/h11H,1,5-9H2,2-4H3,(H,17,18). The molecule has 2 unspecified atom stereocenters. The molecular weight excluding hydrogens is 246 g/mol. The third-order valence-electron chi connectivity index (χ3n) is 3.62. The molecule has 1 fully saturated rings. The first-order valence-electron chi connectivity index (χ1n) is 6.48. The average Bonchev–Trinajstić information content (AvgIpc) is 2.73. The minimum Gasteiger partial charge on any atom is -0.481 e. The Morgan fingerprint density at radius 3 is 2.63 bits per heavy atom. The number of carbonyl (C=O) groups is 2. The Morgan fingerprint density at radius 1 is 1.53 bits per heavy atom. The van der Waals surface area contributed by atoms with Crippen molar-refractivity contribution in [3.63, 3.8) is 0 Å². The molecule has 108 valence electrons. The van der Waals surface area contributed by atoms with Crippen LogP contribution in [0.2, 0.25) is 0 Å². The van der Waals surface area contributed by atoms with E-state index in [4.69, 9.17) is 4.74 Å². The fraction of sp³-hybridized carbons (Fsp3) is 0.714. The molecule has 0 bridgehead atoms. The monoisotopic (exact) mass is 269 g/mol. The molecule has 1 saturated heterocycles. The molecule has 1 heterocycles. The third kappa shape index (κ3) is 3.56. The van der Waals surface area contributed by atoms with Crippen molar-refractivity contribution >= 4 is 11.9 Å². The molecule has 0 aromatic heterocycles. The molecule has 1 amide bonds. The fourth-order valence-corrected chi connectivity index (χ4v) is 2.61. The summed E-state index contributed by atoms with van der Waals surface area (Å²) in [5, 5.41) is 9.35. The summed E-state index contributed by atoms with van der Waals surface area (Å²) < 4.78 is 5.01. The minimum absolute atomic E-state index is 0.00206. The number of allylic oxidation sites excluding steroid dienone is 1. The van der Waals surface area contributed by atoms with Gasteiger partial charge in [0, 0.05) is 26.1 Å². The van der Waals surface area contributed by atoms with Crippen LogP contribution < -0.4 is 0 Å². The quantitative estimate of drug-likeness (QED) is 0.743. The van der Waals surface area contributed by atoms with Crippen LogP contribution in [0.1, 0.15) is 26.7 Å². The molecule has 0 saturated carbocycles. The van der Waals surface area contributed by atoms with Gasteiger partial charge < -0.3 is 14.7 Å². The zero-order valence-electron chi connectivity index (χ0n) is 11.9. The summed E-state index contributed by atoms with van der Waals surface area (Å²) in [6.07, 6.45) is 1.08. The summed E-state index contributed by atoms with van der Waals surface area (Å²) in [5.41, 5.74) is 0.00863. The summed E-state index contributed by atoms with van der Waals surface area (Å²) in [5.74, 6) is -1.04. The molecular formula is C14H23NO4. The lowest BCUT2D eigenvalue weighted by Gasteiger charge is -2.25. The van der Waals surface area contributed by atoms with E-state index in [1.165, 1.54) is 7.11 Å². The Bertz CT molecular complexity index is 380. The lowest BCUT2D eigenvalue weighted by atomic mass is 9.88. The number of aliphatic carboxylic acids is 1. The van der Waals surface area contributed by atoms with Gasteiger partial charge in [-0.2, -0.15) is 0 Å². The number of amides is 1. The van der Waals surface area contributed by atoms with Crippen molar-refractivity contribution in [1.29, 1.82) is 0 Å². The van der Waals surface area contributed by atoms with Gasteiger partial charge in [0.1, 0.15) is 5.41 Å². The van der Waals surface area contributed by atoms with E-state index in [0.29, 0.717) is 19.4 Å². The number of nitrogens with zero attached hydrogens (tertiary/aromatic N) is 1. The highest BCUT2D eigenvalue weighted by Crippen LogP contribution is 2.32. The second kappa shape index (κ2) is 6.19. The number of ether oxygens (including phenoxy) is 1. The zero-order chi connectivity index (χ0) is 14.6. The maximum absolute atomic E-state index is 12.2. The number of methoxy groups -OCH3 is 1. The molecule has 0 aromatic rings. The Balaban J connectivity index is 2.71. The summed E-state index contributed by atoms with van der Waals surface area (Å²) in [6, 6.07) is 0. The van der Waals surface area contributed by atoms with E-state index in [9.17, 15) is 14.7 Å². The van der Waals surface area contributed by atoms with Crippen molar-refractivity contribution < 1.29 is 19.4 Å². The number of carboxylic acids is 1. The molecule has 1 N–H and O–H groups in total. The molecule has 2 atom stereocenters. The normalized spacial score (nSPS) is 24.3. The minimum atomic E-state index is -0.951. The Labute approximate surface area is 114 Å². The highest BCUT2D eigenvalue weighted by molar-refractivity contribution is 5.82. The van der Waals surface area contributed by atoms with Crippen LogP contribution in [-0.4, -0.2) is 48.7 Å². The second-order valence-corrected chi connectivity index (χ2v) is 5.59. The van der Waals surface area contributed by atoms with Gasteiger partial charge in [0.05, 0.1) is 6.61 Å². The molecule has 1 rings (SSSR count). The van der Waals surface area contributed by atoms with Gasteiger partial charge in [-0.25, -0.2) is 0 Å². The van der Waals surface area contributed by atoms with Gasteiger partial charge in [0.25, 0.3) is 0 Å². The zero-order valence-corrected chi connectivity index (χ0v) is 11.9. The van der Waals surface area contributed by atoms with Crippen molar-refractivity contribution in [3.8, 4) is 0 Å². The molecule has 19 heavy (non-hydrogen) atoms. The van der Waals surface area contributed by atoms with Crippen molar-refractivity contribution in [2.24, 2.45) is 11.3 Å². The van der Waals surface area contributed by atoms with Crippen molar-refractivity contribution in [2.45, 2.75) is 26.7 Å². The smallest absolute Gasteiger partial charge is 0.313 e. The topological polar surface area (TPSA) is 66.8 Å². The van der Waals surface area contributed by atoms with Gasteiger partial charge in [-0.05, 0) is 19.8 Å². The predicted molar refractivity (Wildman–Crippen MR) is 71.7 cm³/mol. The first-order chi connectivity index (χ1) is 8.82. The number of likely N-dealkylation sites (tertiary alicyclic amines) is 1. The molecule has 1 aliphatic heterocycles. The molecule has 5 heteroatoms. The van der Waals surface area contributed by atoms with Crippen LogP contribution in [0, 0.1) is 11.3 Å². The van der Waals surface area contributed by atoms with Crippen LogP contribution >= 0.6 is 0 Å². The van der Waals surface area contributed by atoms with E-state index in [2.05, 4.69) is 6.58 Å². The van der Waals surface area contributed by atoms with Gasteiger partial charge in [0.15, 0.2) is 0 Å². The number of hydrogen-bond acceptors (Lipinski definition) is 3. The fourth-order valence-electron chi connectivity index (χ4n) is 2.61. The lowest BCUT2D eigenvalue weighted by Crippen LogP contribution is -2.41. The van der Waals surface area contributed by atoms with Crippen LogP contribution in [0.5, 0.6) is 0 Å². The Hall–Kier alpha value is -1.36. The number of carbonyl (C=O) groups excluding carboxylic acids is 1. The van der Waals surface area contributed by atoms with Crippen molar-refractivity contribution in [2.75, 3.05) is 26.8 Å². The first kappa shape index (κ1) is 15.7. The highest BCUT2D eigenvalue weighted by Gasteiger charge is 2.46. The molecule has 0 radical (unpaired) electrons. The van der Waals surface area contributed by atoms with Gasteiger partial charge >= 0.3 is 5.97 Å². The second-order valence-electron chi connectivity index (χ2n) is 5.59. The Kier molecular flexibility index (Phi) is 5.11. The van der Waals surface area contributed by atoms with Gasteiger partial charge in [-0.3, -0.25) is 9.59 Å². The summed E-state index contributed by atoms with van der Waals surface area (Å²) in [7, 11) is 1.48. The summed E-state index contributed by atoms with van der Waals surface area (Å²) >= 11 is 0. The average molecular weight is 269 g/mol. The van der Waals surface area contributed by atoms with E-state index >= 15 is 0 Å². The molecule has 1 aliphatic rings. The summed E-state index contributed by atoms with van der Waals surface area (Å²) in [4.78, 5) is 25.3. The number of carboxylic acid groups (broad SMARTS) is 1. The van der Waals surface area contributed by atoms with Crippen LogP contribution in [0.3, 0.4) is 0 Å². The maximum Gasteiger partial charge on any atom is 0.313 e. The van der Waals surface area contributed by atoms with E-state index in [0.717, 1.165) is 5.57 Å². The van der Waals surface area contributed by atoms with Gasteiger partial charge in [-0.1, -0.05) is 12.5 Å². The van der Waals surface area contributed by atoms with Crippen LogP contribution in [0.4, 0.5) is 0 Å². The van der Waals surface area contributed by atoms with Crippen molar-refractivity contribution in [1.82, 2.24) is 4.90 Å². The van der Waals surface area contributed by atoms with Crippen molar-refractivity contribution in [3.05, 3.63) is 12.2 Å². The molecule has 0 aromatic carbocycles. The molecule has 0 spiro atoms.